The Labute approximate surface area is 118 Å². The largest absolute Gasteiger partial charge is 0.479 e. The molecule has 0 unspecified atom stereocenters. The number of ether oxygens (including phenoxy) is 1. The highest BCUT2D eigenvalue weighted by molar-refractivity contribution is 5.72. The lowest BCUT2D eigenvalue weighted by atomic mass is 10.1. The van der Waals surface area contributed by atoms with E-state index in [4.69, 9.17) is 9.84 Å². The van der Waals surface area contributed by atoms with Gasteiger partial charge < -0.3 is 9.84 Å². The van der Waals surface area contributed by atoms with Crippen molar-refractivity contribution in [3.63, 3.8) is 0 Å². The maximum atomic E-state index is 10.9. The van der Waals surface area contributed by atoms with Gasteiger partial charge in [-0.15, -0.1) is 0 Å². The van der Waals surface area contributed by atoms with Crippen molar-refractivity contribution < 1.29 is 14.6 Å². The lowest BCUT2D eigenvalue weighted by Crippen LogP contribution is -2.25. The number of carboxylic acid groups (broad SMARTS) is 1. The Hall–Kier alpha value is -2.29. The van der Waals surface area contributed by atoms with Crippen molar-refractivity contribution in [3.8, 4) is 5.75 Å². The van der Waals surface area contributed by atoms with Crippen molar-refractivity contribution in [2.75, 3.05) is 0 Å². The highest BCUT2D eigenvalue weighted by Gasteiger charge is 2.16. The van der Waals surface area contributed by atoms with Gasteiger partial charge in [0.15, 0.2) is 6.10 Å². The number of benzene rings is 2. The predicted octanol–water partition coefficient (Wildman–Crippen LogP) is 3.52. The first-order valence-electron chi connectivity index (χ1n) is 6.71. The second-order valence-corrected chi connectivity index (χ2v) is 4.66. The van der Waals surface area contributed by atoms with Crippen LogP contribution in [0, 0.1) is 0 Å². The van der Waals surface area contributed by atoms with Crippen molar-refractivity contribution in [2.45, 2.75) is 25.9 Å². The zero-order valence-corrected chi connectivity index (χ0v) is 11.5. The molecular weight excluding hydrogens is 252 g/mol. The van der Waals surface area contributed by atoms with Crippen LogP contribution in [0.25, 0.3) is 0 Å². The van der Waals surface area contributed by atoms with Gasteiger partial charge in [0.2, 0.25) is 0 Å². The molecule has 104 valence electrons. The molecule has 0 radical (unpaired) electrons. The number of rotatable bonds is 6. The summed E-state index contributed by atoms with van der Waals surface area (Å²) in [6, 6.07) is 17.8. The topological polar surface area (TPSA) is 46.5 Å². The normalized spacial score (nSPS) is 11.8. The minimum absolute atomic E-state index is 0.446. The highest BCUT2D eigenvalue weighted by atomic mass is 16.5. The molecule has 0 bridgehead atoms. The van der Waals surface area contributed by atoms with Gasteiger partial charge in [0.25, 0.3) is 0 Å². The van der Waals surface area contributed by atoms with E-state index in [1.807, 2.05) is 42.5 Å². The van der Waals surface area contributed by atoms with Crippen LogP contribution in [0.1, 0.15) is 24.5 Å². The maximum absolute atomic E-state index is 10.9. The summed E-state index contributed by atoms with van der Waals surface area (Å²) in [5.74, 6) is -0.336. The second kappa shape index (κ2) is 6.75. The number of hydrogen-bond donors (Lipinski definition) is 1. The molecule has 0 fully saturated rings. The van der Waals surface area contributed by atoms with Crippen molar-refractivity contribution in [3.05, 3.63) is 65.7 Å². The van der Waals surface area contributed by atoms with Gasteiger partial charge in [-0.1, -0.05) is 49.4 Å². The van der Waals surface area contributed by atoms with Gasteiger partial charge in [0.1, 0.15) is 5.75 Å². The summed E-state index contributed by atoms with van der Waals surface area (Å²) in [6.45, 7) is 1.79. The zero-order valence-electron chi connectivity index (χ0n) is 11.5. The Bertz CT molecular complexity index is 546. The van der Waals surface area contributed by atoms with Crippen LogP contribution >= 0.6 is 0 Å². The third-order valence-corrected chi connectivity index (χ3v) is 3.10. The van der Waals surface area contributed by atoms with Crippen molar-refractivity contribution in [2.24, 2.45) is 0 Å². The first-order chi connectivity index (χ1) is 9.69. The van der Waals surface area contributed by atoms with Crippen molar-refractivity contribution in [1.29, 1.82) is 0 Å². The highest BCUT2D eigenvalue weighted by Crippen LogP contribution is 2.17. The zero-order chi connectivity index (χ0) is 14.4. The van der Waals surface area contributed by atoms with E-state index in [2.05, 4.69) is 12.1 Å². The molecule has 0 aromatic heterocycles. The molecule has 0 heterocycles. The van der Waals surface area contributed by atoms with Crippen LogP contribution in [0.3, 0.4) is 0 Å². The summed E-state index contributed by atoms with van der Waals surface area (Å²) in [5.41, 5.74) is 2.42. The minimum atomic E-state index is -0.930. The molecule has 0 amide bonds. The molecule has 20 heavy (non-hydrogen) atoms. The third kappa shape index (κ3) is 3.85. The molecule has 2 rings (SSSR count). The summed E-state index contributed by atoms with van der Waals surface area (Å²) in [5, 5.41) is 8.96. The summed E-state index contributed by atoms with van der Waals surface area (Å²) < 4.78 is 5.43. The summed E-state index contributed by atoms with van der Waals surface area (Å²) in [6.07, 6.45) is 0.521. The molecule has 0 aliphatic carbocycles. The maximum Gasteiger partial charge on any atom is 0.344 e. The summed E-state index contributed by atoms with van der Waals surface area (Å²) in [4.78, 5) is 10.9. The SMILES string of the molecule is CC[C@H](Oc1ccc(Cc2ccccc2)cc1)C(=O)O. The van der Waals surface area contributed by atoms with E-state index >= 15 is 0 Å². The van der Waals surface area contributed by atoms with E-state index in [-0.39, 0.29) is 0 Å². The molecule has 3 heteroatoms. The Morgan fingerprint density at radius 3 is 2.20 bits per heavy atom. The molecule has 0 spiro atoms. The quantitative estimate of drug-likeness (QED) is 0.873. The van der Waals surface area contributed by atoms with Gasteiger partial charge in [-0.05, 0) is 36.1 Å². The van der Waals surface area contributed by atoms with Crippen LogP contribution in [-0.4, -0.2) is 17.2 Å². The molecule has 0 aliphatic rings. The van der Waals surface area contributed by atoms with Crippen LogP contribution in [0.5, 0.6) is 5.75 Å². The molecule has 0 saturated heterocycles. The third-order valence-electron chi connectivity index (χ3n) is 3.10. The molecule has 3 nitrogen and oxygen atoms in total. The number of hydrogen-bond acceptors (Lipinski definition) is 2. The number of carbonyl (C=O) groups is 1. The number of carboxylic acids is 1. The fraction of sp³-hybridized carbons (Fsp3) is 0.235. The van der Waals surface area contributed by atoms with Crippen LogP contribution in [0.2, 0.25) is 0 Å². The minimum Gasteiger partial charge on any atom is -0.479 e. The first kappa shape index (κ1) is 14.1. The Morgan fingerprint density at radius 2 is 1.65 bits per heavy atom. The lowest BCUT2D eigenvalue weighted by molar-refractivity contribution is -0.145. The Balaban J connectivity index is 2.01. The molecule has 0 aliphatic heterocycles. The summed E-state index contributed by atoms with van der Waals surface area (Å²) in [7, 11) is 0. The van der Waals surface area contributed by atoms with Gasteiger partial charge in [0, 0.05) is 0 Å². The van der Waals surface area contributed by atoms with E-state index in [1.54, 1.807) is 6.92 Å². The molecular formula is C17H18O3. The molecule has 0 saturated carbocycles. The van der Waals surface area contributed by atoms with Gasteiger partial charge in [-0.3, -0.25) is 0 Å². The average Bonchev–Trinajstić information content (AvgIpc) is 2.47. The van der Waals surface area contributed by atoms with Crippen LogP contribution in [0.15, 0.2) is 54.6 Å². The molecule has 2 aromatic rings. The smallest absolute Gasteiger partial charge is 0.344 e. The van der Waals surface area contributed by atoms with Crippen molar-refractivity contribution >= 4 is 5.97 Å². The Kier molecular flexibility index (Phi) is 4.77. The lowest BCUT2D eigenvalue weighted by Gasteiger charge is -2.13. The standard InChI is InChI=1S/C17H18O3/c1-2-16(17(18)19)20-15-10-8-14(9-11-15)12-13-6-4-3-5-7-13/h3-11,16H,2,12H2,1H3,(H,18,19)/t16-/m0/s1. The fourth-order valence-corrected chi connectivity index (χ4v) is 1.99. The predicted molar refractivity (Wildman–Crippen MR) is 78.0 cm³/mol. The fourth-order valence-electron chi connectivity index (χ4n) is 1.99. The molecule has 1 atom stereocenters. The van der Waals surface area contributed by atoms with Crippen LogP contribution < -0.4 is 4.74 Å². The van der Waals surface area contributed by atoms with Gasteiger partial charge in [-0.25, -0.2) is 4.79 Å². The van der Waals surface area contributed by atoms with E-state index < -0.39 is 12.1 Å². The van der Waals surface area contributed by atoms with Gasteiger partial charge >= 0.3 is 5.97 Å². The van der Waals surface area contributed by atoms with E-state index in [1.165, 1.54) is 11.1 Å². The number of aliphatic carboxylic acids is 1. The van der Waals surface area contributed by atoms with E-state index in [9.17, 15) is 4.79 Å². The van der Waals surface area contributed by atoms with E-state index in [0.29, 0.717) is 12.2 Å². The van der Waals surface area contributed by atoms with Crippen molar-refractivity contribution in [1.82, 2.24) is 0 Å². The molecule has 1 N–H and O–H groups in total. The van der Waals surface area contributed by atoms with Crippen LogP contribution in [-0.2, 0) is 11.2 Å². The van der Waals surface area contributed by atoms with E-state index in [0.717, 1.165) is 6.42 Å². The second-order valence-electron chi connectivity index (χ2n) is 4.66. The average molecular weight is 270 g/mol. The monoisotopic (exact) mass is 270 g/mol. The molecule has 2 aromatic carbocycles. The summed E-state index contributed by atoms with van der Waals surface area (Å²) >= 11 is 0. The Morgan fingerprint density at radius 1 is 1.05 bits per heavy atom. The van der Waals surface area contributed by atoms with Crippen LogP contribution in [0.4, 0.5) is 0 Å². The van der Waals surface area contributed by atoms with Gasteiger partial charge in [-0.2, -0.15) is 0 Å². The first-order valence-corrected chi connectivity index (χ1v) is 6.71. The van der Waals surface area contributed by atoms with Gasteiger partial charge in [0.05, 0.1) is 0 Å².